The summed E-state index contributed by atoms with van der Waals surface area (Å²) >= 11 is 0. The molecule has 0 aliphatic carbocycles. The fourth-order valence-electron chi connectivity index (χ4n) is 3.39. The number of rotatable bonds is 3. The van der Waals surface area contributed by atoms with Crippen LogP contribution in [0.4, 0.5) is 0 Å². The molecule has 2 saturated heterocycles. The maximum absolute atomic E-state index is 5.70. The summed E-state index contributed by atoms with van der Waals surface area (Å²) in [4.78, 5) is 7.22. The molecule has 24 heavy (non-hydrogen) atoms. The average molecular weight is 332 g/mol. The molecule has 0 saturated carbocycles. The molecule has 2 fully saturated rings. The molecule has 0 N–H and O–H groups in total. The highest BCUT2D eigenvalue weighted by Crippen LogP contribution is 2.29. The summed E-state index contributed by atoms with van der Waals surface area (Å²) < 4.78 is 14.9. The third-order valence-corrected chi connectivity index (χ3v) is 4.94. The Bertz CT molecular complexity index is 691. The average Bonchev–Trinajstić information content (AvgIpc) is 3.22. The van der Waals surface area contributed by atoms with Crippen molar-refractivity contribution < 1.29 is 9.47 Å². The number of aromatic nitrogens is 5. The Morgan fingerprint density at radius 3 is 2.67 bits per heavy atom. The van der Waals surface area contributed by atoms with Crippen LogP contribution >= 0.6 is 0 Å². The predicted octanol–water partition coefficient (Wildman–Crippen LogP) is 0.898. The number of ether oxygens (including phenoxy) is 2. The van der Waals surface area contributed by atoms with Crippen molar-refractivity contribution in [2.45, 2.75) is 24.8 Å². The van der Waals surface area contributed by atoms with Crippen molar-refractivity contribution in [3.63, 3.8) is 0 Å². The lowest BCUT2D eigenvalue weighted by atomic mass is 10.00. The first kappa shape index (κ1) is 15.7. The van der Waals surface area contributed by atoms with Crippen LogP contribution < -0.4 is 0 Å². The fourth-order valence-corrected chi connectivity index (χ4v) is 3.39. The minimum atomic E-state index is 0.106. The SMILES string of the molecule is CN1CCOCC1c1nc(C2CCOCC2)nn1-c1ccnn1C. The lowest BCUT2D eigenvalue weighted by Crippen LogP contribution is -2.38. The van der Waals surface area contributed by atoms with Gasteiger partial charge in [0.25, 0.3) is 0 Å². The highest BCUT2D eigenvalue weighted by molar-refractivity contribution is 5.23. The molecule has 1 atom stereocenters. The Morgan fingerprint density at radius 2 is 1.96 bits per heavy atom. The molecule has 2 aromatic rings. The molecule has 2 aliphatic heterocycles. The number of morpholine rings is 1. The van der Waals surface area contributed by atoms with Crippen LogP contribution in [0.5, 0.6) is 0 Å². The van der Waals surface area contributed by atoms with Gasteiger partial charge >= 0.3 is 0 Å². The molecule has 0 radical (unpaired) electrons. The molecule has 2 aliphatic rings. The van der Waals surface area contributed by atoms with Gasteiger partial charge in [0.05, 0.1) is 25.5 Å². The molecular weight excluding hydrogens is 308 g/mol. The summed E-state index contributed by atoms with van der Waals surface area (Å²) in [5.74, 6) is 3.13. The lowest BCUT2D eigenvalue weighted by Gasteiger charge is -2.31. The molecular formula is C16H24N6O2. The van der Waals surface area contributed by atoms with E-state index in [9.17, 15) is 0 Å². The number of hydrogen-bond acceptors (Lipinski definition) is 6. The highest BCUT2D eigenvalue weighted by Gasteiger charge is 2.30. The van der Waals surface area contributed by atoms with Gasteiger partial charge in [-0.05, 0) is 19.9 Å². The number of hydrogen-bond donors (Lipinski definition) is 0. The van der Waals surface area contributed by atoms with Crippen molar-refractivity contribution in [3.05, 3.63) is 23.9 Å². The van der Waals surface area contributed by atoms with Gasteiger partial charge in [0, 0.05) is 38.8 Å². The van der Waals surface area contributed by atoms with Crippen LogP contribution in [0.3, 0.4) is 0 Å². The normalized spacial score (nSPS) is 23.7. The molecule has 8 nitrogen and oxygen atoms in total. The van der Waals surface area contributed by atoms with Crippen LogP contribution in [0.2, 0.25) is 0 Å². The second kappa shape index (κ2) is 6.62. The Morgan fingerprint density at radius 1 is 1.12 bits per heavy atom. The fraction of sp³-hybridized carbons (Fsp3) is 0.688. The number of nitrogens with zero attached hydrogens (tertiary/aromatic N) is 6. The number of aryl methyl sites for hydroxylation is 1. The van der Waals surface area contributed by atoms with E-state index in [-0.39, 0.29) is 6.04 Å². The van der Waals surface area contributed by atoms with Crippen molar-refractivity contribution in [1.29, 1.82) is 0 Å². The van der Waals surface area contributed by atoms with E-state index in [0.29, 0.717) is 12.5 Å². The van der Waals surface area contributed by atoms with Gasteiger partial charge in [-0.15, -0.1) is 5.10 Å². The van der Waals surface area contributed by atoms with Gasteiger partial charge in [-0.1, -0.05) is 0 Å². The largest absolute Gasteiger partial charge is 0.381 e. The molecule has 0 bridgehead atoms. The van der Waals surface area contributed by atoms with Crippen LogP contribution in [0, 0.1) is 0 Å². The molecule has 0 amide bonds. The summed E-state index contributed by atoms with van der Waals surface area (Å²) in [5, 5.41) is 9.14. The van der Waals surface area contributed by atoms with E-state index in [1.807, 2.05) is 22.5 Å². The van der Waals surface area contributed by atoms with Crippen molar-refractivity contribution in [1.82, 2.24) is 29.4 Å². The van der Waals surface area contributed by atoms with Gasteiger partial charge in [0.2, 0.25) is 0 Å². The van der Waals surface area contributed by atoms with E-state index < -0.39 is 0 Å². The lowest BCUT2D eigenvalue weighted by molar-refractivity contribution is 0.000963. The van der Waals surface area contributed by atoms with E-state index in [1.165, 1.54) is 0 Å². The standard InChI is InChI=1S/C16H24N6O2/c1-20-7-10-24-11-13(20)16-18-15(12-4-8-23-9-5-12)19-22(16)14-3-6-17-21(14)2/h3,6,12-13H,4-5,7-11H2,1-2H3. The summed E-state index contributed by atoms with van der Waals surface area (Å²) in [7, 11) is 4.04. The van der Waals surface area contributed by atoms with E-state index in [1.54, 1.807) is 6.20 Å². The third-order valence-electron chi connectivity index (χ3n) is 4.94. The molecule has 0 aromatic carbocycles. The minimum Gasteiger partial charge on any atom is -0.381 e. The zero-order valence-corrected chi connectivity index (χ0v) is 14.3. The van der Waals surface area contributed by atoms with Gasteiger partial charge in [-0.3, -0.25) is 9.58 Å². The summed E-state index contributed by atoms with van der Waals surface area (Å²) in [5.41, 5.74) is 0. The van der Waals surface area contributed by atoms with Crippen molar-refractivity contribution in [2.75, 3.05) is 40.0 Å². The van der Waals surface area contributed by atoms with E-state index in [4.69, 9.17) is 19.6 Å². The van der Waals surface area contributed by atoms with E-state index in [0.717, 1.165) is 56.7 Å². The number of likely N-dealkylation sites (N-methyl/N-ethyl adjacent to an activating group) is 1. The first-order valence-electron chi connectivity index (χ1n) is 8.55. The monoisotopic (exact) mass is 332 g/mol. The first-order valence-corrected chi connectivity index (χ1v) is 8.55. The van der Waals surface area contributed by atoms with Gasteiger partial charge in [-0.2, -0.15) is 9.78 Å². The molecule has 0 spiro atoms. The Kier molecular flexibility index (Phi) is 4.34. The molecule has 130 valence electrons. The maximum atomic E-state index is 5.70. The smallest absolute Gasteiger partial charge is 0.154 e. The molecule has 8 heteroatoms. The summed E-state index contributed by atoms with van der Waals surface area (Å²) in [6.45, 7) is 3.87. The van der Waals surface area contributed by atoms with Crippen LogP contribution in [0.25, 0.3) is 5.82 Å². The van der Waals surface area contributed by atoms with Crippen LogP contribution in [0.1, 0.15) is 36.5 Å². The Hall–Kier alpha value is -1.77. The van der Waals surface area contributed by atoms with Gasteiger partial charge in [-0.25, -0.2) is 4.98 Å². The second-order valence-corrected chi connectivity index (χ2v) is 6.51. The van der Waals surface area contributed by atoms with Gasteiger partial charge in [0.15, 0.2) is 17.5 Å². The minimum absolute atomic E-state index is 0.106. The van der Waals surface area contributed by atoms with Crippen LogP contribution in [-0.4, -0.2) is 69.5 Å². The first-order chi connectivity index (χ1) is 11.7. The highest BCUT2D eigenvalue weighted by atomic mass is 16.5. The molecule has 2 aromatic heterocycles. The van der Waals surface area contributed by atoms with E-state index >= 15 is 0 Å². The van der Waals surface area contributed by atoms with E-state index in [2.05, 4.69) is 17.0 Å². The quantitative estimate of drug-likeness (QED) is 0.832. The maximum Gasteiger partial charge on any atom is 0.154 e. The third kappa shape index (κ3) is 2.85. The van der Waals surface area contributed by atoms with Crippen LogP contribution in [-0.2, 0) is 16.5 Å². The van der Waals surface area contributed by atoms with Crippen molar-refractivity contribution in [2.24, 2.45) is 7.05 Å². The molecule has 4 rings (SSSR count). The molecule has 1 unspecified atom stereocenters. The Labute approximate surface area is 141 Å². The topological polar surface area (TPSA) is 70.2 Å². The second-order valence-electron chi connectivity index (χ2n) is 6.51. The Balaban J connectivity index is 1.74. The summed E-state index contributed by atoms with van der Waals surface area (Å²) in [6, 6.07) is 2.07. The van der Waals surface area contributed by atoms with Gasteiger partial charge in [0.1, 0.15) is 0 Å². The van der Waals surface area contributed by atoms with Crippen molar-refractivity contribution >= 4 is 0 Å². The predicted molar refractivity (Wildman–Crippen MR) is 87.1 cm³/mol. The molecule has 4 heterocycles. The zero-order valence-electron chi connectivity index (χ0n) is 14.3. The zero-order chi connectivity index (χ0) is 16.5. The van der Waals surface area contributed by atoms with Gasteiger partial charge < -0.3 is 9.47 Å². The van der Waals surface area contributed by atoms with Crippen LogP contribution in [0.15, 0.2) is 12.3 Å². The summed E-state index contributed by atoms with van der Waals surface area (Å²) in [6.07, 6.45) is 3.74. The van der Waals surface area contributed by atoms with Crippen molar-refractivity contribution in [3.8, 4) is 5.82 Å².